The van der Waals surface area contributed by atoms with Crippen molar-refractivity contribution in [2.45, 2.75) is 0 Å². The van der Waals surface area contributed by atoms with Gasteiger partial charge >= 0.3 is 6.09 Å². The molecule has 0 saturated heterocycles. The monoisotopic (exact) mass is 219 g/mol. The van der Waals surface area contributed by atoms with Crippen molar-refractivity contribution in [2.24, 2.45) is 4.99 Å². The van der Waals surface area contributed by atoms with E-state index in [-0.39, 0.29) is 0 Å². The van der Waals surface area contributed by atoms with Crippen LogP contribution in [0.1, 0.15) is 5.56 Å². The third-order valence-corrected chi connectivity index (χ3v) is 2.26. The van der Waals surface area contributed by atoms with E-state index in [1.165, 1.54) is 7.11 Å². The largest absolute Gasteiger partial charge is 0.453 e. The van der Waals surface area contributed by atoms with E-state index < -0.39 is 6.09 Å². The third kappa shape index (κ3) is 2.31. The fourth-order valence-electron chi connectivity index (χ4n) is 1.47. The van der Waals surface area contributed by atoms with Crippen LogP contribution in [0.2, 0.25) is 0 Å². The predicted molar refractivity (Wildman–Crippen MR) is 61.9 cm³/mol. The van der Waals surface area contributed by atoms with E-state index in [9.17, 15) is 4.79 Å². The van der Waals surface area contributed by atoms with E-state index in [0.29, 0.717) is 5.69 Å². The fraction of sp³-hybridized carbons (Fsp3) is 0.273. The molecule has 0 fully saturated rings. The van der Waals surface area contributed by atoms with E-state index in [0.717, 1.165) is 24.5 Å². The highest BCUT2D eigenvalue weighted by atomic mass is 16.5. The molecule has 16 heavy (non-hydrogen) atoms. The molecule has 0 aliphatic carbocycles. The number of hydrogen-bond acceptors (Lipinski definition) is 4. The van der Waals surface area contributed by atoms with Gasteiger partial charge in [0.05, 0.1) is 13.7 Å². The first-order valence-electron chi connectivity index (χ1n) is 5.03. The highest BCUT2D eigenvalue weighted by Gasteiger charge is 2.07. The number of nitrogens with zero attached hydrogens (tertiary/aromatic N) is 1. The Morgan fingerprint density at radius 1 is 1.44 bits per heavy atom. The van der Waals surface area contributed by atoms with Gasteiger partial charge in [0.25, 0.3) is 0 Å². The zero-order chi connectivity index (χ0) is 11.4. The molecule has 1 amide bonds. The maximum Gasteiger partial charge on any atom is 0.411 e. The first kappa shape index (κ1) is 10.5. The summed E-state index contributed by atoms with van der Waals surface area (Å²) in [5, 5.41) is 5.77. The number of amidine groups is 1. The number of carbonyl (C=O) groups excluding carboxylic acids is 1. The maximum absolute atomic E-state index is 11.0. The van der Waals surface area contributed by atoms with Crippen LogP contribution in [-0.4, -0.2) is 32.1 Å². The fourth-order valence-corrected chi connectivity index (χ4v) is 1.47. The second-order valence-electron chi connectivity index (χ2n) is 3.35. The maximum atomic E-state index is 11.0. The summed E-state index contributed by atoms with van der Waals surface area (Å²) in [5.41, 5.74) is 1.72. The Kier molecular flexibility index (Phi) is 3.05. The van der Waals surface area contributed by atoms with Crippen LogP contribution in [-0.2, 0) is 4.74 Å². The van der Waals surface area contributed by atoms with Crippen molar-refractivity contribution < 1.29 is 9.53 Å². The number of carbonyl (C=O) groups is 1. The van der Waals surface area contributed by atoms with Crippen LogP contribution < -0.4 is 10.6 Å². The van der Waals surface area contributed by atoms with Crippen LogP contribution in [0.25, 0.3) is 0 Å². The first-order valence-corrected chi connectivity index (χ1v) is 5.03. The van der Waals surface area contributed by atoms with Gasteiger partial charge < -0.3 is 10.1 Å². The molecule has 1 aromatic rings. The summed E-state index contributed by atoms with van der Waals surface area (Å²) in [5.74, 6) is 0.907. The molecule has 0 aromatic heterocycles. The quantitative estimate of drug-likeness (QED) is 0.786. The molecule has 0 saturated carbocycles. The predicted octanol–water partition coefficient (Wildman–Crippen LogP) is 1.21. The number of ether oxygens (including phenoxy) is 1. The lowest BCUT2D eigenvalue weighted by molar-refractivity contribution is 0.187. The topological polar surface area (TPSA) is 62.7 Å². The number of rotatable bonds is 2. The second-order valence-corrected chi connectivity index (χ2v) is 3.35. The normalized spacial score (nSPS) is 13.9. The van der Waals surface area contributed by atoms with Crippen molar-refractivity contribution in [2.75, 3.05) is 25.5 Å². The highest BCUT2D eigenvalue weighted by Crippen LogP contribution is 2.11. The van der Waals surface area contributed by atoms with Crippen molar-refractivity contribution in [3.63, 3.8) is 0 Å². The van der Waals surface area contributed by atoms with Gasteiger partial charge in [-0.15, -0.1) is 0 Å². The lowest BCUT2D eigenvalue weighted by atomic mass is 10.2. The number of nitrogens with one attached hydrogen (secondary N) is 2. The molecule has 1 aromatic carbocycles. The number of hydrogen-bond donors (Lipinski definition) is 2. The summed E-state index contributed by atoms with van der Waals surface area (Å²) in [6.07, 6.45) is -0.468. The minimum Gasteiger partial charge on any atom is -0.453 e. The Bertz CT molecular complexity index is 412. The summed E-state index contributed by atoms with van der Waals surface area (Å²) < 4.78 is 4.50. The molecule has 0 bridgehead atoms. The van der Waals surface area contributed by atoms with Gasteiger partial charge in [-0.3, -0.25) is 10.3 Å². The molecular formula is C11H13N3O2. The molecule has 2 rings (SSSR count). The van der Waals surface area contributed by atoms with Crippen molar-refractivity contribution in [3.05, 3.63) is 29.8 Å². The van der Waals surface area contributed by atoms with Gasteiger partial charge in [-0.25, -0.2) is 4.79 Å². The van der Waals surface area contributed by atoms with E-state index in [1.54, 1.807) is 0 Å². The Balaban J connectivity index is 2.07. The van der Waals surface area contributed by atoms with Crippen LogP contribution in [0, 0.1) is 0 Å². The SMILES string of the molecule is COC(=O)Nc1ccc(C2=NCCN2)cc1. The minimum absolute atomic E-state index is 0.468. The molecule has 0 radical (unpaired) electrons. The summed E-state index contributed by atoms with van der Waals surface area (Å²) >= 11 is 0. The van der Waals surface area contributed by atoms with Crippen LogP contribution in [0.15, 0.2) is 29.3 Å². The molecule has 0 spiro atoms. The van der Waals surface area contributed by atoms with Gasteiger partial charge in [0.15, 0.2) is 0 Å². The smallest absolute Gasteiger partial charge is 0.411 e. The van der Waals surface area contributed by atoms with Gasteiger partial charge in [0, 0.05) is 17.8 Å². The Labute approximate surface area is 93.5 Å². The molecule has 5 heteroatoms. The molecular weight excluding hydrogens is 206 g/mol. The van der Waals surface area contributed by atoms with E-state index in [4.69, 9.17) is 0 Å². The Hall–Kier alpha value is -2.04. The first-order chi connectivity index (χ1) is 7.79. The molecule has 5 nitrogen and oxygen atoms in total. The minimum atomic E-state index is -0.468. The summed E-state index contributed by atoms with van der Waals surface area (Å²) in [4.78, 5) is 15.3. The number of benzene rings is 1. The van der Waals surface area contributed by atoms with Crippen LogP contribution in [0.3, 0.4) is 0 Å². The number of methoxy groups -OCH3 is 1. The molecule has 1 aliphatic rings. The average molecular weight is 219 g/mol. The Morgan fingerprint density at radius 2 is 2.19 bits per heavy atom. The molecule has 0 unspecified atom stereocenters. The van der Waals surface area contributed by atoms with Crippen molar-refractivity contribution >= 4 is 17.6 Å². The van der Waals surface area contributed by atoms with Crippen molar-refractivity contribution in [3.8, 4) is 0 Å². The second kappa shape index (κ2) is 4.65. The Morgan fingerprint density at radius 3 is 2.75 bits per heavy atom. The third-order valence-electron chi connectivity index (χ3n) is 2.26. The number of anilines is 1. The van der Waals surface area contributed by atoms with Gasteiger partial charge in [-0.1, -0.05) is 0 Å². The molecule has 0 atom stereocenters. The van der Waals surface area contributed by atoms with Crippen LogP contribution >= 0.6 is 0 Å². The van der Waals surface area contributed by atoms with Crippen molar-refractivity contribution in [1.29, 1.82) is 0 Å². The van der Waals surface area contributed by atoms with Crippen molar-refractivity contribution in [1.82, 2.24) is 5.32 Å². The lowest BCUT2D eigenvalue weighted by Gasteiger charge is -2.05. The number of aliphatic imine (C=N–C) groups is 1. The highest BCUT2D eigenvalue weighted by molar-refractivity contribution is 6.00. The average Bonchev–Trinajstić information content (AvgIpc) is 2.83. The van der Waals surface area contributed by atoms with E-state index in [1.807, 2.05) is 24.3 Å². The standard InChI is InChI=1S/C11H13N3O2/c1-16-11(15)14-9-4-2-8(3-5-9)10-12-6-7-13-10/h2-5H,6-7H2,1H3,(H,12,13)(H,14,15). The molecule has 84 valence electrons. The summed E-state index contributed by atoms with van der Waals surface area (Å²) in [7, 11) is 1.33. The van der Waals surface area contributed by atoms with Gasteiger partial charge in [0.2, 0.25) is 0 Å². The molecule has 1 aliphatic heterocycles. The zero-order valence-corrected chi connectivity index (χ0v) is 8.99. The molecule has 2 N–H and O–H groups in total. The zero-order valence-electron chi connectivity index (χ0n) is 8.99. The van der Waals surface area contributed by atoms with Crippen LogP contribution in [0.5, 0.6) is 0 Å². The number of amides is 1. The van der Waals surface area contributed by atoms with E-state index in [2.05, 4.69) is 20.4 Å². The summed E-state index contributed by atoms with van der Waals surface area (Å²) in [6, 6.07) is 7.44. The van der Waals surface area contributed by atoms with Gasteiger partial charge in [-0.05, 0) is 24.3 Å². The van der Waals surface area contributed by atoms with Crippen LogP contribution in [0.4, 0.5) is 10.5 Å². The van der Waals surface area contributed by atoms with Gasteiger partial charge in [0.1, 0.15) is 5.84 Å². The summed E-state index contributed by atoms with van der Waals surface area (Å²) in [6.45, 7) is 1.70. The van der Waals surface area contributed by atoms with Gasteiger partial charge in [-0.2, -0.15) is 0 Å². The van der Waals surface area contributed by atoms with E-state index >= 15 is 0 Å². The lowest BCUT2D eigenvalue weighted by Crippen LogP contribution is -2.19. The molecule has 1 heterocycles.